The van der Waals surface area contributed by atoms with Crippen LogP contribution in [0.2, 0.25) is 0 Å². The molecule has 0 atom stereocenters. The van der Waals surface area contributed by atoms with E-state index < -0.39 is 5.97 Å². The molecule has 0 amide bonds. The molecule has 0 radical (unpaired) electrons. The summed E-state index contributed by atoms with van der Waals surface area (Å²) in [6.45, 7) is 5.08. The summed E-state index contributed by atoms with van der Waals surface area (Å²) < 4.78 is 5.27. The number of benzene rings is 2. The Morgan fingerprint density at radius 3 is 2.39 bits per heavy atom. The van der Waals surface area contributed by atoms with Crippen molar-refractivity contribution in [1.82, 2.24) is 15.0 Å². The number of aromatic nitrogens is 3. The van der Waals surface area contributed by atoms with E-state index in [9.17, 15) is 4.79 Å². The molecular weight excluding hydrogens is 414 g/mol. The minimum atomic E-state index is -0.397. The lowest BCUT2D eigenvalue weighted by Crippen LogP contribution is -2.47. The molecule has 166 valence electrons. The monoisotopic (exact) mass is 439 g/mol. The van der Waals surface area contributed by atoms with Crippen LogP contribution in [0.1, 0.15) is 17.3 Å². The number of ether oxygens (including phenoxy) is 1. The van der Waals surface area contributed by atoms with E-state index in [4.69, 9.17) is 14.7 Å². The van der Waals surface area contributed by atoms with E-state index in [0.29, 0.717) is 36.9 Å². The molecule has 0 unspecified atom stereocenters. The van der Waals surface area contributed by atoms with Crippen molar-refractivity contribution in [2.75, 3.05) is 42.6 Å². The van der Waals surface area contributed by atoms with Gasteiger partial charge in [-0.3, -0.25) is 0 Å². The van der Waals surface area contributed by atoms with Crippen LogP contribution in [0.25, 0.3) is 22.3 Å². The van der Waals surface area contributed by atoms with Gasteiger partial charge in [-0.25, -0.2) is 19.7 Å². The first-order valence-electron chi connectivity index (χ1n) is 11.2. The largest absolute Gasteiger partial charge is 0.462 e. The third-order valence-electron chi connectivity index (χ3n) is 5.78. The molecule has 2 aromatic heterocycles. The summed E-state index contributed by atoms with van der Waals surface area (Å²) in [5.74, 6) is 1.78. The highest BCUT2D eigenvalue weighted by Crippen LogP contribution is 2.26. The Kier molecular flexibility index (Phi) is 5.85. The van der Waals surface area contributed by atoms with Crippen molar-refractivity contribution in [2.24, 2.45) is 0 Å². The fraction of sp³-hybridized carbons (Fsp3) is 0.231. The number of rotatable bonds is 5. The summed E-state index contributed by atoms with van der Waals surface area (Å²) >= 11 is 0. The van der Waals surface area contributed by atoms with E-state index >= 15 is 0 Å². The van der Waals surface area contributed by atoms with Crippen LogP contribution in [0, 0.1) is 0 Å². The fourth-order valence-electron chi connectivity index (χ4n) is 4.07. The number of nitrogens with zero attached hydrogens (tertiary/aromatic N) is 5. The van der Waals surface area contributed by atoms with E-state index in [-0.39, 0.29) is 0 Å². The molecule has 0 N–H and O–H groups in total. The molecule has 1 saturated heterocycles. The summed E-state index contributed by atoms with van der Waals surface area (Å²) in [6, 6.07) is 22.1. The van der Waals surface area contributed by atoms with E-state index in [2.05, 4.69) is 33.0 Å². The molecule has 4 aromatic rings. The summed E-state index contributed by atoms with van der Waals surface area (Å²) in [7, 11) is 0. The maximum atomic E-state index is 12.6. The molecule has 0 aliphatic carbocycles. The van der Waals surface area contributed by atoms with Crippen LogP contribution < -0.4 is 9.80 Å². The second-order valence-electron chi connectivity index (χ2n) is 7.85. The van der Waals surface area contributed by atoms with Gasteiger partial charge in [0.25, 0.3) is 0 Å². The third kappa shape index (κ3) is 4.35. The molecule has 0 saturated carbocycles. The van der Waals surface area contributed by atoms with Gasteiger partial charge < -0.3 is 14.5 Å². The Morgan fingerprint density at radius 1 is 0.879 bits per heavy atom. The Labute approximate surface area is 192 Å². The molecule has 1 fully saturated rings. The number of fused-ring (bicyclic) bond motifs is 1. The van der Waals surface area contributed by atoms with Crippen molar-refractivity contribution < 1.29 is 9.53 Å². The number of piperazine rings is 1. The molecule has 0 spiro atoms. The lowest BCUT2D eigenvalue weighted by atomic mass is 10.2. The van der Waals surface area contributed by atoms with Gasteiger partial charge >= 0.3 is 5.97 Å². The van der Waals surface area contributed by atoms with Crippen LogP contribution >= 0.6 is 0 Å². The van der Waals surface area contributed by atoms with Gasteiger partial charge in [0.1, 0.15) is 17.2 Å². The topological polar surface area (TPSA) is 71.5 Å². The average Bonchev–Trinajstić information content (AvgIpc) is 2.89. The SMILES string of the molecule is CCOC(=O)c1cnc(-c2ccccc2)nc1N1CCN(c2ccc3ccccc3n2)CC1. The number of carbonyl (C=O) groups is 1. The number of pyridine rings is 1. The normalized spacial score (nSPS) is 13.8. The summed E-state index contributed by atoms with van der Waals surface area (Å²) in [5, 5.41) is 1.13. The van der Waals surface area contributed by atoms with Crippen molar-refractivity contribution in [3.8, 4) is 11.4 Å². The van der Waals surface area contributed by atoms with Crippen LogP contribution in [0.5, 0.6) is 0 Å². The molecule has 7 nitrogen and oxygen atoms in total. The number of hydrogen-bond donors (Lipinski definition) is 0. The Bertz CT molecular complexity index is 1270. The van der Waals surface area contributed by atoms with Gasteiger partial charge in [-0.15, -0.1) is 0 Å². The number of esters is 1. The van der Waals surface area contributed by atoms with Gasteiger partial charge in [0.2, 0.25) is 0 Å². The highest BCUT2D eigenvalue weighted by molar-refractivity contribution is 5.95. The smallest absolute Gasteiger partial charge is 0.343 e. The molecule has 7 heteroatoms. The second-order valence-corrected chi connectivity index (χ2v) is 7.85. The van der Waals surface area contributed by atoms with Gasteiger partial charge in [-0.2, -0.15) is 0 Å². The van der Waals surface area contributed by atoms with Crippen LogP contribution in [-0.2, 0) is 4.74 Å². The standard InChI is InChI=1S/C26H25N5O2/c1-2-33-26(32)21-18-27-24(20-9-4-3-5-10-20)29-25(21)31-16-14-30(15-17-31)23-13-12-19-8-6-7-11-22(19)28-23/h3-13,18H,2,14-17H2,1H3. The van der Waals surface area contributed by atoms with Crippen LogP contribution in [0.15, 0.2) is 72.9 Å². The minimum absolute atomic E-state index is 0.306. The minimum Gasteiger partial charge on any atom is -0.462 e. The van der Waals surface area contributed by atoms with Gasteiger partial charge in [0, 0.05) is 43.3 Å². The molecule has 5 rings (SSSR count). The molecule has 0 bridgehead atoms. The Balaban J connectivity index is 1.40. The molecule has 33 heavy (non-hydrogen) atoms. The summed E-state index contributed by atoms with van der Waals surface area (Å²) in [5.41, 5.74) is 2.30. The number of carbonyl (C=O) groups excluding carboxylic acids is 1. The van der Waals surface area contributed by atoms with Crippen molar-refractivity contribution in [1.29, 1.82) is 0 Å². The van der Waals surface area contributed by atoms with Crippen molar-refractivity contribution in [2.45, 2.75) is 6.92 Å². The first-order chi connectivity index (χ1) is 16.2. The van der Waals surface area contributed by atoms with Crippen molar-refractivity contribution in [3.05, 3.63) is 78.5 Å². The quantitative estimate of drug-likeness (QED) is 0.432. The van der Waals surface area contributed by atoms with Gasteiger partial charge in [0.05, 0.1) is 12.1 Å². The van der Waals surface area contributed by atoms with Crippen LogP contribution in [0.4, 0.5) is 11.6 Å². The van der Waals surface area contributed by atoms with Gasteiger partial charge in [-0.1, -0.05) is 48.5 Å². The number of anilines is 2. The van der Waals surface area contributed by atoms with Gasteiger partial charge in [0.15, 0.2) is 5.82 Å². The summed E-state index contributed by atoms with van der Waals surface area (Å²) in [4.78, 5) is 31.1. The van der Waals surface area contributed by atoms with E-state index in [1.165, 1.54) is 0 Å². The lowest BCUT2D eigenvalue weighted by Gasteiger charge is -2.36. The number of para-hydroxylation sites is 1. The maximum Gasteiger partial charge on any atom is 0.343 e. The molecule has 2 aromatic carbocycles. The van der Waals surface area contributed by atoms with Crippen molar-refractivity contribution in [3.63, 3.8) is 0 Å². The molecule has 1 aliphatic heterocycles. The van der Waals surface area contributed by atoms with Crippen LogP contribution in [0.3, 0.4) is 0 Å². The predicted octanol–water partition coefficient (Wildman–Crippen LogP) is 4.20. The fourth-order valence-corrected chi connectivity index (χ4v) is 4.07. The van der Waals surface area contributed by atoms with Crippen molar-refractivity contribution >= 4 is 28.5 Å². The van der Waals surface area contributed by atoms with E-state index in [1.54, 1.807) is 13.1 Å². The zero-order valence-electron chi connectivity index (χ0n) is 18.5. The first kappa shape index (κ1) is 20.9. The second kappa shape index (κ2) is 9.24. The molecule has 3 heterocycles. The highest BCUT2D eigenvalue weighted by Gasteiger charge is 2.25. The maximum absolute atomic E-state index is 12.6. The Morgan fingerprint density at radius 2 is 1.61 bits per heavy atom. The average molecular weight is 440 g/mol. The molecular formula is C26H25N5O2. The van der Waals surface area contributed by atoms with E-state index in [0.717, 1.165) is 35.4 Å². The zero-order chi connectivity index (χ0) is 22.6. The zero-order valence-corrected chi connectivity index (χ0v) is 18.5. The Hall–Kier alpha value is -4.00. The van der Waals surface area contributed by atoms with E-state index in [1.807, 2.05) is 48.5 Å². The lowest BCUT2D eigenvalue weighted by molar-refractivity contribution is 0.0526. The number of hydrogen-bond acceptors (Lipinski definition) is 7. The summed E-state index contributed by atoms with van der Waals surface area (Å²) in [6.07, 6.45) is 1.58. The molecule has 1 aliphatic rings. The van der Waals surface area contributed by atoms with Gasteiger partial charge in [-0.05, 0) is 25.1 Å². The van der Waals surface area contributed by atoms with Crippen LogP contribution in [-0.4, -0.2) is 53.7 Å². The highest BCUT2D eigenvalue weighted by atomic mass is 16.5. The predicted molar refractivity (Wildman–Crippen MR) is 130 cm³/mol. The third-order valence-corrected chi connectivity index (χ3v) is 5.78. The first-order valence-corrected chi connectivity index (χ1v) is 11.2.